The molecule has 18 heavy (non-hydrogen) atoms. The summed E-state index contributed by atoms with van der Waals surface area (Å²) in [5.74, 6) is -1.36. The number of carboxylic acid groups (broad SMARTS) is 1. The van der Waals surface area contributed by atoms with E-state index in [1.54, 1.807) is 4.90 Å². The van der Waals surface area contributed by atoms with Crippen LogP contribution in [0.3, 0.4) is 0 Å². The molecule has 0 aliphatic carbocycles. The molecule has 0 aromatic rings. The highest BCUT2D eigenvalue weighted by Gasteiger charge is 2.26. The molecule has 0 rings (SSSR count). The number of carboxylic acids is 1. The molecule has 0 aromatic heterocycles. The van der Waals surface area contributed by atoms with Crippen LogP contribution in [0.5, 0.6) is 0 Å². The molecular weight excluding hydrogens is 230 g/mol. The van der Waals surface area contributed by atoms with Gasteiger partial charge in [0.25, 0.3) is 0 Å². The van der Waals surface area contributed by atoms with Crippen molar-refractivity contribution in [2.24, 2.45) is 5.41 Å². The van der Waals surface area contributed by atoms with E-state index in [0.29, 0.717) is 6.54 Å². The zero-order valence-electron chi connectivity index (χ0n) is 12.3. The van der Waals surface area contributed by atoms with E-state index >= 15 is 0 Å². The van der Waals surface area contributed by atoms with Gasteiger partial charge in [-0.1, -0.05) is 20.8 Å². The predicted octanol–water partition coefficient (Wildman–Crippen LogP) is 2.69. The fourth-order valence-electron chi connectivity index (χ4n) is 1.46. The molecule has 0 radical (unpaired) electrons. The number of carbonyl (C=O) groups is 2. The van der Waals surface area contributed by atoms with E-state index < -0.39 is 5.97 Å². The lowest BCUT2D eigenvalue weighted by molar-refractivity contribution is -0.133. The van der Waals surface area contributed by atoms with Crippen LogP contribution >= 0.6 is 0 Å². The van der Waals surface area contributed by atoms with Crippen LogP contribution < -0.4 is 0 Å². The molecule has 0 spiro atoms. The Labute approximate surface area is 110 Å². The van der Waals surface area contributed by atoms with E-state index in [2.05, 4.69) is 20.8 Å². The molecule has 0 aliphatic heterocycles. The van der Waals surface area contributed by atoms with Crippen molar-refractivity contribution < 1.29 is 14.7 Å². The van der Waals surface area contributed by atoms with Gasteiger partial charge in [-0.25, -0.2) is 4.79 Å². The molecule has 1 N–H and O–H groups in total. The molecule has 0 bridgehead atoms. The fraction of sp³-hybridized carbons (Fsp3) is 0.714. The molecule has 1 amide bonds. The van der Waals surface area contributed by atoms with Gasteiger partial charge < -0.3 is 10.0 Å². The maximum Gasteiger partial charge on any atom is 0.328 e. The highest BCUT2D eigenvalue weighted by atomic mass is 16.4. The quantitative estimate of drug-likeness (QED) is 0.786. The van der Waals surface area contributed by atoms with Crippen LogP contribution in [-0.2, 0) is 9.59 Å². The van der Waals surface area contributed by atoms with E-state index in [1.807, 2.05) is 20.8 Å². The summed E-state index contributed by atoms with van der Waals surface area (Å²) < 4.78 is 0. The molecule has 4 heteroatoms. The Morgan fingerprint density at radius 2 is 1.56 bits per heavy atom. The minimum absolute atomic E-state index is 0.139. The third-order valence-electron chi connectivity index (χ3n) is 2.53. The highest BCUT2D eigenvalue weighted by molar-refractivity contribution is 5.94. The maximum atomic E-state index is 12.0. The molecule has 0 heterocycles. The standard InChI is InChI=1S/C14H25NO3/c1-13(2,3)9-10-15(14(4,5)6)11(16)7-8-12(17)18/h7-8H,9-10H2,1-6H3,(H,17,18)/b8-7+. The van der Waals surface area contributed by atoms with Gasteiger partial charge in [0.1, 0.15) is 0 Å². The van der Waals surface area contributed by atoms with Crippen molar-refractivity contribution in [2.75, 3.05) is 6.54 Å². The van der Waals surface area contributed by atoms with Crippen molar-refractivity contribution in [3.05, 3.63) is 12.2 Å². The summed E-state index contributed by atoms with van der Waals surface area (Å²) in [7, 11) is 0. The van der Waals surface area contributed by atoms with Crippen LogP contribution in [0.1, 0.15) is 48.0 Å². The van der Waals surface area contributed by atoms with Crippen LogP contribution in [-0.4, -0.2) is 34.0 Å². The fourth-order valence-corrected chi connectivity index (χ4v) is 1.46. The number of aliphatic carboxylic acids is 1. The van der Waals surface area contributed by atoms with Crippen LogP contribution in [0, 0.1) is 5.41 Å². The molecule has 0 aliphatic rings. The monoisotopic (exact) mass is 255 g/mol. The third-order valence-corrected chi connectivity index (χ3v) is 2.53. The Kier molecular flexibility index (Phi) is 5.58. The lowest BCUT2D eigenvalue weighted by Gasteiger charge is -2.36. The SMILES string of the molecule is CC(C)(C)CCN(C(=O)/C=C/C(=O)O)C(C)(C)C. The largest absolute Gasteiger partial charge is 0.478 e. The Morgan fingerprint density at radius 1 is 1.06 bits per heavy atom. The molecule has 0 saturated heterocycles. The van der Waals surface area contributed by atoms with E-state index in [4.69, 9.17) is 5.11 Å². The van der Waals surface area contributed by atoms with E-state index in [-0.39, 0.29) is 16.9 Å². The van der Waals surface area contributed by atoms with Crippen molar-refractivity contribution in [1.82, 2.24) is 4.90 Å². The first-order chi connectivity index (χ1) is 7.93. The Hall–Kier alpha value is -1.32. The molecule has 0 atom stereocenters. The molecule has 0 aromatic carbocycles. The predicted molar refractivity (Wildman–Crippen MR) is 72.3 cm³/mol. The normalized spacial score (nSPS) is 12.8. The minimum atomic E-state index is -1.10. The summed E-state index contributed by atoms with van der Waals surface area (Å²) >= 11 is 0. The highest BCUT2D eigenvalue weighted by Crippen LogP contribution is 2.22. The Bertz CT molecular complexity index is 332. The summed E-state index contributed by atoms with van der Waals surface area (Å²) in [5.41, 5.74) is -0.175. The Morgan fingerprint density at radius 3 is 1.89 bits per heavy atom. The van der Waals surface area contributed by atoms with Crippen molar-refractivity contribution in [3.8, 4) is 0 Å². The van der Waals surface area contributed by atoms with Gasteiger partial charge in [0.05, 0.1) is 0 Å². The summed E-state index contributed by atoms with van der Waals surface area (Å²) in [6.45, 7) is 12.8. The molecule has 0 fully saturated rings. The summed E-state index contributed by atoms with van der Waals surface area (Å²) in [4.78, 5) is 24.1. The maximum absolute atomic E-state index is 12.0. The summed E-state index contributed by atoms with van der Waals surface area (Å²) in [6, 6.07) is 0. The third kappa shape index (κ3) is 7.09. The lowest BCUT2D eigenvalue weighted by Crippen LogP contribution is -2.46. The van der Waals surface area contributed by atoms with Gasteiger partial charge in [0, 0.05) is 24.2 Å². The van der Waals surface area contributed by atoms with Crippen molar-refractivity contribution in [2.45, 2.75) is 53.5 Å². The molecular formula is C14H25NO3. The van der Waals surface area contributed by atoms with Gasteiger partial charge >= 0.3 is 5.97 Å². The van der Waals surface area contributed by atoms with Crippen LogP contribution in [0.2, 0.25) is 0 Å². The van der Waals surface area contributed by atoms with Crippen molar-refractivity contribution >= 4 is 11.9 Å². The molecule has 0 saturated carbocycles. The zero-order chi connectivity index (χ0) is 14.6. The number of hydrogen-bond donors (Lipinski definition) is 1. The smallest absolute Gasteiger partial charge is 0.328 e. The van der Waals surface area contributed by atoms with E-state index in [0.717, 1.165) is 18.6 Å². The number of rotatable bonds is 4. The van der Waals surface area contributed by atoms with Gasteiger partial charge in [0.2, 0.25) is 5.91 Å². The first kappa shape index (κ1) is 16.7. The second-order valence-electron chi connectivity index (χ2n) is 6.64. The average Bonchev–Trinajstić information content (AvgIpc) is 2.10. The van der Waals surface area contributed by atoms with Crippen molar-refractivity contribution in [1.29, 1.82) is 0 Å². The van der Waals surface area contributed by atoms with Crippen LogP contribution in [0.4, 0.5) is 0 Å². The van der Waals surface area contributed by atoms with Gasteiger partial charge in [-0.15, -0.1) is 0 Å². The van der Waals surface area contributed by atoms with Crippen LogP contribution in [0.25, 0.3) is 0 Å². The summed E-state index contributed by atoms with van der Waals surface area (Å²) in [6.07, 6.45) is 2.88. The number of amides is 1. The van der Waals surface area contributed by atoms with Gasteiger partial charge in [-0.05, 0) is 32.6 Å². The second-order valence-corrected chi connectivity index (χ2v) is 6.64. The minimum Gasteiger partial charge on any atom is -0.478 e. The van der Waals surface area contributed by atoms with Crippen LogP contribution in [0.15, 0.2) is 12.2 Å². The van der Waals surface area contributed by atoms with Crippen molar-refractivity contribution in [3.63, 3.8) is 0 Å². The number of hydrogen-bond acceptors (Lipinski definition) is 2. The molecule has 104 valence electrons. The molecule has 4 nitrogen and oxygen atoms in total. The second kappa shape index (κ2) is 6.03. The molecule has 0 unspecified atom stereocenters. The topological polar surface area (TPSA) is 57.6 Å². The summed E-state index contributed by atoms with van der Waals surface area (Å²) in [5, 5.41) is 8.55. The number of carbonyl (C=O) groups excluding carboxylic acids is 1. The van der Waals surface area contributed by atoms with E-state index in [1.165, 1.54) is 0 Å². The number of nitrogens with zero attached hydrogens (tertiary/aromatic N) is 1. The lowest BCUT2D eigenvalue weighted by atomic mass is 9.91. The average molecular weight is 255 g/mol. The first-order valence-corrected chi connectivity index (χ1v) is 6.16. The zero-order valence-corrected chi connectivity index (χ0v) is 12.3. The van der Waals surface area contributed by atoms with Gasteiger partial charge in [-0.2, -0.15) is 0 Å². The first-order valence-electron chi connectivity index (χ1n) is 6.16. The Balaban J connectivity index is 4.81. The van der Waals surface area contributed by atoms with E-state index in [9.17, 15) is 9.59 Å². The van der Waals surface area contributed by atoms with Gasteiger partial charge in [0.15, 0.2) is 0 Å². The van der Waals surface area contributed by atoms with Gasteiger partial charge in [-0.3, -0.25) is 4.79 Å².